The molecule has 0 aromatic rings. The summed E-state index contributed by atoms with van der Waals surface area (Å²) in [5.74, 6) is -0.495. The predicted molar refractivity (Wildman–Crippen MR) is 60.7 cm³/mol. The number of rotatable bonds is 5. The minimum absolute atomic E-state index is 0.182. The summed E-state index contributed by atoms with van der Waals surface area (Å²) in [7, 11) is 1.67. The Hall–Kier alpha value is -0.200. The third-order valence-electron chi connectivity index (χ3n) is 3.40. The molecule has 2 rings (SSSR count). The molecular formula is C12H22O5. The van der Waals surface area contributed by atoms with Crippen molar-refractivity contribution in [3.8, 4) is 0 Å². The maximum absolute atomic E-state index is 9.90. The Kier molecular flexibility index (Phi) is 4.76. The Morgan fingerprint density at radius 3 is 2.76 bits per heavy atom. The van der Waals surface area contributed by atoms with Crippen LogP contribution in [0.3, 0.4) is 0 Å². The van der Waals surface area contributed by atoms with E-state index in [1.165, 1.54) is 0 Å². The van der Waals surface area contributed by atoms with Gasteiger partial charge in [0.2, 0.25) is 0 Å². The minimum Gasteiger partial charge on any atom is -0.390 e. The molecular weight excluding hydrogens is 224 g/mol. The van der Waals surface area contributed by atoms with Gasteiger partial charge in [0.25, 0.3) is 0 Å². The van der Waals surface area contributed by atoms with Crippen molar-refractivity contribution in [1.82, 2.24) is 0 Å². The van der Waals surface area contributed by atoms with E-state index in [1.807, 2.05) is 0 Å². The molecule has 2 atom stereocenters. The number of aliphatic hydroxyl groups is 1. The van der Waals surface area contributed by atoms with Crippen LogP contribution in [0.25, 0.3) is 0 Å². The van der Waals surface area contributed by atoms with Gasteiger partial charge in [-0.3, -0.25) is 0 Å². The normalized spacial score (nSPS) is 32.1. The second-order valence-electron chi connectivity index (χ2n) is 4.67. The standard InChI is InChI=1S/C12H22O5/c1-14-5-2-6-15-11-9-12(4-3-10(11)13)16-7-8-17-12/h10-11,13H,2-9H2,1H3. The Morgan fingerprint density at radius 2 is 2.06 bits per heavy atom. The van der Waals surface area contributed by atoms with Crippen LogP contribution in [0.4, 0.5) is 0 Å². The van der Waals surface area contributed by atoms with Gasteiger partial charge in [-0.05, 0) is 12.8 Å². The smallest absolute Gasteiger partial charge is 0.171 e. The van der Waals surface area contributed by atoms with Crippen molar-refractivity contribution in [2.45, 2.75) is 43.7 Å². The summed E-state index contributed by atoms with van der Waals surface area (Å²) >= 11 is 0. The van der Waals surface area contributed by atoms with Gasteiger partial charge in [-0.25, -0.2) is 0 Å². The van der Waals surface area contributed by atoms with E-state index in [2.05, 4.69) is 0 Å². The van der Waals surface area contributed by atoms with Gasteiger partial charge in [-0.2, -0.15) is 0 Å². The summed E-state index contributed by atoms with van der Waals surface area (Å²) in [6, 6.07) is 0. The summed E-state index contributed by atoms with van der Waals surface area (Å²) in [6.07, 6.45) is 2.31. The summed E-state index contributed by atoms with van der Waals surface area (Å²) in [5.41, 5.74) is 0. The minimum atomic E-state index is -0.495. The van der Waals surface area contributed by atoms with E-state index in [4.69, 9.17) is 18.9 Å². The van der Waals surface area contributed by atoms with E-state index in [9.17, 15) is 5.11 Å². The van der Waals surface area contributed by atoms with Crippen molar-refractivity contribution in [3.05, 3.63) is 0 Å². The van der Waals surface area contributed by atoms with Crippen molar-refractivity contribution in [3.63, 3.8) is 0 Å². The summed E-state index contributed by atoms with van der Waals surface area (Å²) in [4.78, 5) is 0. The lowest BCUT2D eigenvalue weighted by Crippen LogP contribution is -2.46. The zero-order valence-electron chi connectivity index (χ0n) is 10.4. The third-order valence-corrected chi connectivity index (χ3v) is 3.40. The molecule has 0 amide bonds. The fourth-order valence-electron chi connectivity index (χ4n) is 2.47. The number of methoxy groups -OCH3 is 1. The largest absolute Gasteiger partial charge is 0.390 e. The van der Waals surface area contributed by atoms with E-state index in [-0.39, 0.29) is 6.10 Å². The van der Waals surface area contributed by atoms with Crippen LogP contribution in [0.5, 0.6) is 0 Å². The topological polar surface area (TPSA) is 57.2 Å². The molecule has 1 spiro atoms. The molecule has 0 radical (unpaired) electrons. The molecule has 2 aliphatic rings. The van der Waals surface area contributed by atoms with Crippen LogP contribution >= 0.6 is 0 Å². The first-order chi connectivity index (χ1) is 8.26. The van der Waals surface area contributed by atoms with Crippen molar-refractivity contribution in [1.29, 1.82) is 0 Å². The Labute approximate surface area is 102 Å². The lowest BCUT2D eigenvalue weighted by atomic mass is 9.89. The van der Waals surface area contributed by atoms with Gasteiger partial charge in [0.1, 0.15) is 0 Å². The van der Waals surface area contributed by atoms with Crippen LogP contribution in [-0.4, -0.2) is 56.6 Å². The van der Waals surface area contributed by atoms with Gasteiger partial charge >= 0.3 is 0 Å². The van der Waals surface area contributed by atoms with Crippen LogP contribution in [0.2, 0.25) is 0 Å². The van der Waals surface area contributed by atoms with Gasteiger partial charge in [0, 0.05) is 33.2 Å². The molecule has 0 aromatic heterocycles. The van der Waals surface area contributed by atoms with E-state index in [0.717, 1.165) is 12.8 Å². The fraction of sp³-hybridized carbons (Fsp3) is 1.00. The highest BCUT2D eigenvalue weighted by Gasteiger charge is 2.45. The van der Waals surface area contributed by atoms with Crippen LogP contribution < -0.4 is 0 Å². The zero-order valence-corrected chi connectivity index (χ0v) is 10.4. The molecule has 2 unspecified atom stereocenters. The van der Waals surface area contributed by atoms with Gasteiger partial charge in [0.05, 0.1) is 25.4 Å². The number of ether oxygens (including phenoxy) is 4. The highest BCUT2D eigenvalue weighted by atomic mass is 16.7. The first kappa shape index (κ1) is 13.2. The van der Waals surface area contributed by atoms with Crippen LogP contribution in [0, 0.1) is 0 Å². The molecule has 0 bridgehead atoms. The van der Waals surface area contributed by atoms with Crippen LogP contribution in [0.15, 0.2) is 0 Å². The lowest BCUT2D eigenvalue weighted by molar-refractivity contribution is -0.221. The van der Waals surface area contributed by atoms with Crippen molar-refractivity contribution < 1.29 is 24.1 Å². The second kappa shape index (κ2) is 6.11. The van der Waals surface area contributed by atoms with Gasteiger partial charge in [-0.15, -0.1) is 0 Å². The van der Waals surface area contributed by atoms with Gasteiger partial charge in [-0.1, -0.05) is 0 Å². The molecule has 1 aliphatic carbocycles. The van der Waals surface area contributed by atoms with Gasteiger partial charge < -0.3 is 24.1 Å². The summed E-state index contributed by atoms with van der Waals surface area (Å²) < 4.78 is 22.0. The molecule has 1 N–H and O–H groups in total. The molecule has 1 saturated heterocycles. The van der Waals surface area contributed by atoms with Gasteiger partial charge in [0.15, 0.2) is 5.79 Å². The van der Waals surface area contributed by atoms with Crippen molar-refractivity contribution >= 4 is 0 Å². The van der Waals surface area contributed by atoms with Crippen molar-refractivity contribution in [2.24, 2.45) is 0 Å². The van der Waals surface area contributed by atoms with E-state index in [0.29, 0.717) is 39.3 Å². The fourth-order valence-corrected chi connectivity index (χ4v) is 2.47. The number of hydrogen-bond donors (Lipinski definition) is 1. The molecule has 0 aromatic carbocycles. The monoisotopic (exact) mass is 246 g/mol. The second-order valence-corrected chi connectivity index (χ2v) is 4.67. The summed E-state index contributed by atoms with van der Waals surface area (Å²) in [6.45, 7) is 2.57. The van der Waals surface area contributed by atoms with E-state index >= 15 is 0 Å². The molecule has 1 heterocycles. The van der Waals surface area contributed by atoms with Crippen LogP contribution in [0.1, 0.15) is 25.7 Å². The lowest BCUT2D eigenvalue weighted by Gasteiger charge is -2.38. The summed E-state index contributed by atoms with van der Waals surface area (Å²) in [5, 5.41) is 9.90. The zero-order chi connectivity index (χ0) is 12.1. The molecule has 5 nitrogen and oxygen atoms in total. The van der Waals surface area contributed by atoms with Crippen molar-refractivity contribution in [2.75, 3.05) is 33.5 Å². The number of aliphatic hydroxyl groups excluding tert-OH is 1. The highest BCUT2D eigenvalue weighted by molar-refractivity contribution is 4.88. The molecule has 5 heteroatoms. The molecule has 1 aliphatic heterocycles. The molecule has 17 heavy (non-hydrogen) atoms. The predicted octanol–water partition coefficient (Wildman–Crippen LogP) is 0.696. The first-order valence-corrected chi connectivity index (χ1v) is 6.32. The average Bonchev–Trinajstić information content (AvgIpc) is 2.78. The quantitative estimate of drug-likeness (QED) is 0.723. The van der Waals surface area contributed by atoms with Crippen LogP contribution in [-0.2, 0) is 18.9 Å². The molecule has 2 fully saturated rings. The Bertz CT molecular complexity index is 227. The average molecular weight is 246 g/mol. The molecule has 100 valence electrons. The van der Waals surface area contributed by atoms with E-state index < -0.39 is 11.9 Å². The first-order valence-electron chi connectivity index (χ1n) is 6.32. The third kappa shape index (κ3) is 3.39. The SMILES string of the molecule is COCCCOC1CC2(CCC1O)OCCO2. The maximum Gasteiger partial charge on any atom is 0.171 e. The maximum atomic E-state index is 9.90. The molecule has 1 saturated carbocycles. The highest BCUT2D eigenvalue weighted by Crippen LogP contribution is 2.37. The number of hydrogen-bond acceptors (Lipinski definition) is 5. The Balaban J connectivity index is 1.78. The van der Waals surface area contributed by atoms with E-state index in [1.54, 1.807) is 7.11 Å². The Morgan fingerprint density at radius 1 is 1.29 bits per heavy atom.